The van der Waals surface area contributed by atoms with Gasteiger partial charge in [0.25, 0.3) is 11.7 Å². The number of nitrogens with zero attached hydrogens (tertiary/aromatic N) is 2. The molecule has 1 aliphatic heterocycles. The van der Waals surface area contributed by atoms with Crippen LogP contribution in [0.1, 0.15) is 50.8 Å². The van der Waals surface area contributed by atoms with E-state index >= 15 is 0 Å². The zero-order valence-corrected chi connectivity index (χ0v) is 22.2. The van der Waals surface area contributed by atoms with Gasteiger partial charge in [0, 0.05) is 23.7 Å². The van der Waals surface area contributed by atoms with Crippen LogP contribution in [0.25, 0.3) is 5.76 Å². The largest absolute Gasteiger partial charge is 0.507 e. The third-order valence-electron chi connectivity index (χ3n) is 6.47. The summed E-state index contributed by atoms with van der Waals surface area (Å²) >= 11 is 6.01. The number of Topliss-reactive ketones (excluding diaryl/α,β-unsaturated/α-hetero) is 1. The van der Waals surface area contributed by atoms with E-state index in [1.807, 2.05) is 6.07 Å². The smallest absolute Gasteiger partial charge is 0.295 e. The van der Waals surface area contributed by atoms with Gasteiger partial charge in [0.15, 0.2) is 11.5 Å². The van der Waals surface area contributed by atoms with Crippen LogP contribution in [-0.4, -0.2) is 66.5 Å². The number of methoxy groups -OCH3 is 1. The van der Waals surface area contributed by atoms with Crippen LogP contribution < -0.4 is 9.47 Å². The van der Waals surface area contributed by atoms with Crippen molar-refractivity contribution in [1.82, 2.24) is 9.80 Å². The third-order valence-corrected chi connectivity index (χ3v) is 6.72. The first-order valence-electron chi connectivity index (χ1n) is 12.4. The summed E-state index contributed by atoms with van der Waals surface area (Å²) in [6, 6.07) is 11.1. The predicted molar refractivity (Wildman–Crippen MR) is 142 cm³/mol. The normalized spacial score (nSPS) is 17.2. The molecule has 0 radical (unpaired) electrons. The van der Waals surface area contributed by atoms with Crippen molar-refractivity contribution in [3.63, 3.8) is 0 Å². The summed E-state index contributed by atoms with van der Waals surface area (Å²) in [7, 11) is 1.55. The molecular weight excluding hydrogens is 480 g/mol. The Bertz CT molecular complexity index is 1100. The van der Waals surface area contributed by atoms with Gasteiger partial charge in [-0.3, -0.25) is 9.59 Å². The number of ketones is 1. The van der Waals surface area contributed by atoms with Gasteiger partial charge in [-0.25, -0.2) is 0 Å². The molecule has 0 saturated carbocycles. The number of rotatable bonds is 12. The number of likely N-dealkylation sites (tertiary alicyclic amines) is 1. The molecule has 1 atom stereocenters. The molecule has 0 aromatic heterocycles. The minimum absolute atomic E-state index is 0.0450. The van der Waals surface area contributed by atoms with E-state index in [1.165, 1.54) is 4.90 Å². The molecule has 194 valence electrons. The number of aliphatic hydroxyl groups is 1. The number of halogens is 1. The first-order valence-corrected chi connectivity index (χ1v) is 12.8. The van der Waals surface area contributed by atoms with Gasteiger partial charge in [0.1, 0.15) is 5.76 Å². The Morgan fingerprint density at radius 1 is 1.06 bits per heavy atom. The number of hydrogen-bond donors (Lipinski definition) is 1. The van der Waals surface area contributed by atoms with Crippen molar-refractivity contribution in [2.24, 2.45) is 0 Å². The zero-order chi connectivity index (χ0) is 26.2. The molecule has 2 aromatic carbocycles. The lowest BCUT2D eigenvalue weighted by molar-refractivity contribution is -0.140. The average molecular weight is 515 g/mol. The van der Waals surface area contributed by atoms with Crippen LogP contribution in [-0.2, 0) is 9.59 Å². The van der Waals surface area contributed by atoms with Crippen LogP contribution in [0, 0.1) is 0 Å². The highest BCUT2D eigenvalue weighted by Gasteiger charge is 2.46. The first-order chi connectivity index (χ1) is 17.4. The second-order valence-electron chi connectivity index (χ2n) is 8.64. The number of benzene rings is 2. The highest BCUT2D eigenvalue weighted by Crippen LogP contribution is 2.42. The summed E-state index contributed by atoms with van der Waals surface area (Å²) in [5.74, 6) is -0.487. The van der Waals surface area contributed by atoms with Gasteiger partial charge in [-0.1, -0.05) is 44.9 Å². The van der Waals surface area contributed by atoms with Crippen molar-refractivity contribution in [2.75, 3.05) is 39.9 Å². The maximum Gasteiger partial charge on any atom is 0.295 e. The molecule has 36 heavy (non-hydrogen) atoms. The molecule has 1 saturated heterocycles. The molecule has 2 aromatic rings. The fourth-order valence-electron chi connectivity index (χ4n) is 4.31. The Hall–Kier alpha value is -3.03. The van der Waals surface area contributed by atoms with Crippen LogP contribution in [0.5, 0.6) is 11.5 Å². The van der Waals surface area contributed by atoms with Gasteiger partial charge >= 0.3 is 0 Å². The second-order valence-corrected chi connectivity index (χ2v) is 9.08. The number of likely N-dealkylation sites (N-methyl/N-ethyl adjacent to an activating group) is 1. The molecule has 1 aliphatic rings. The molecule has 8 heteroatoms. The summed E-state index contributed by atoms with van der Waals surface area (Å²) in [6.45, 7) is 9.35. The van der Waals surface area contributed by atoms with E-state index in [9.17, 15) is 14.7 Å². The van der Waals surface area contributed by atoms with Crippen LogP contribution in [0.15, 0.2) is 48.0 Å². The van der Waals surface area contributed by atoms with Crippen molar-refractivity contribution in [3.05, 3.63) is 64.2 Å². The highest BCUT2D eigenvalue weighted by molar-refractivity contribution is 6.46. The quantitative estimate of drug-likeness (QED) is 0.179. The fraction of sp³-hybridized carbons (Fsp3) is 0.429. The molecule has 1 unspecified atom stereocenters. The van der Waals surface area contributed by atoms with E-state index in [0.717, 1.165) is 25.9 Å². The molecule has 1 amide bonds. The van der Waals surface area contributed by atoms with Crippen molar-refractivity contribution in [1.29, 1.82) is 0 Å². The van der Waals surface area contributed by atoms with Gasteiger partial charge in [-0.05, 0) is 61.5 Å². The lowest BCUT2D eigenvalue weighted by Gasteiger charge is -2.28. The summed E-state index contributed by atoms with van der Waals surface area (Å²) < 4.78 is 11.4. The number of unbranched alkanes of at least 4 members (excludes halogenated alkanes) is 1. The lowest BCUT2D eigenvalue weighted by atomic mass is 9.95. The van der Waals surface area contributed by atoms with Crippen LogP contribution in [0.2, 0.25) is 5.02 Å². The SMILES string of the molecule is CCCCOc1ccc(C2/C(=C(\O)c3ccc(Cl)cc3)C(=O)C(=O)N2CCN(CC)CC)cc1OC. The zero-order valence-electron chi connectivity index (χ0n) is 21.4. The van der Waals surface area contributed by atoms with Crippen molar-refractivity contribution in [3.8, 4) is 11.5 Å². The van der Waals surface area contributed by atoms with E-state index in [-0.39, 0.29) is 11.3 Å². The van der Waals surface area contributed by atoms with E-state index in [1.54, 1.807) is 43.5 Å². The van der Waals surface area contributed by atoms with Gasteiger partial charge in [0.05, 0.1) is 25.3 Å². The molecule has 7 nitrogen and oxygen atoms in total. The molecule has 1 fully saturated rings. The maximum atomic E-state index is 13.3. The minimum Gasteiger partial charge on any atom is -0.507 e. The molecule has 0 aliphatic carbocycles. The lowest BCUT2D eigenvalue weighted by Crippen LogP contribution is -2.38. The van der Waals surface area contributed by atoms with Crippen molar-refractivity contribution < 1.29 is 24.2 Å². The monoisotopic (exact) mass is 514 g/mol. The van der Waals surface area contributed by atoms with E-state index in [4.69, 9.17) is 21.1 Å². The number of aliphatic hydroxyl groups excluding tert-OH is 1. The van der Waals surface area contributed by atoms with Crippen molar-refractivity contribution in [2.45, 2.75) is 39.7 Å². The molecular formula is C28H35ClN2O5. The number of amides is 1. The number of ether oxygens (including phenoxy) is 2. The standard InChI is InChI=1S/C28H35ClN2O5/c1-5-8-17-36-22-14-11-20(18-23(22)35-4)25-24(26(32)19-9-12-21(29)13-10-19)27(33)28(34)31(25)16-15-30(6-2)7-3/h9-14,18,25,32H,5-8,15-17H2,1-4H3/b26-24+. The summed E-state index contributed by atoms with van der Waals surface area (Å²) in [6.07, 6.45) is 1.92. The molecule has 1 heterocycles. The Morgan fingerprint density at radius 2 is 1.75 bits per heavy atom. The van der Waals surface area contributed by atoms with Crippen molar-refractivity contribution >= 4 is 29.1 Å². The molecule has 0 spiro atoms. The van der Waals surface area contributed by atoms with Gasteiger partial charge < -0.3 is 24.4 Å². The predicted octanol–water partition coefficient (Wildman–Crippen LogP) is 5.29. The van der Waals surface area contributed by atoms with Crippen LogP contribution in [0.4, 0.5) is 0 Å². The highest BCUT2D eigenvalue weighted by atomic mass is 35.5. The average Bonchev–Trinajstić information content (AvgIpc) is 3.14. The van der Waals surface area contributed by atoms with E-state index in [2.05, 4.69) is 25.7 Å². The van der Waals surface area contributed by atoms with Crippen LogP contribution in [0.3, 0.4) is 0 Å². The summed E-state index contributed by atoms with van der Waals surface area (Å²) in [4.78, 5) is 30.2. The molecule has 0 bridgehead atoms. The summed E-state index contributed by atoms with van der Waals surface area (Å²) in [5, 5.41) is 11.7. The Morgan fingerprint density at radius 3 is 2.36 bits per heavy atom. The fourth-order valence-corrected chi connectivity index (χ4v) is 4.44. The Labute approximate surface area is 218 Å². The first kappa shape index (κ1) is 27.6. The van der Waals surface area contributed by atoms with E-state index < -0.39 is 17.7 Å². The Balaban J connectivity index is 2.09. The number of hydrogen-bond acceptors (Lipinski definition) is 6. The van der Waals surface area contributed by atoms with Gasteiger partial charge in [0.2, 0.25) is 0 Å². The van der Waals surface area contributed by atoms with Gasteiger partial charge in [-0.2, -0.15) is 0 Å². The Kier molecular flexibility index (Phi) is 9.79. The number of carbonyl (C=O) groups is 2. The number of carbonyl (C=O) groups excluding carboxylic acids is 2. The summed E-state index contributed by atoms with van der Waals surface area (Å²) in [5.41, 5.74) is 1.12. The molecule has 1 N–H and O–H groups in total. The maximum absolute atomic E-state index is 13.3. The minimum atomic E-state index is -0.769. The van der Waals surface area contributed by atoms with Gasteiger partial charge in [-0.15, -0.1) is 0 Å². The topological polar surface area (TPSA) is 79.3 Å². The molecule has 3 rings (SSSR count). The van der Waals surface area contributed by atoms with E-state index in [0.29, 0.717) is 47.3 Å². The van der Waals surface area contributed by atoms with Crippen LogP contribution >= 0.6 is 11.6 Å². The third kappa shape index (κ3) is 6.02. The second kappa shape index (κ2) is 12.8.